The van der Waals surface area contributed by atoms with E-state index in [9.17, 15) is 9.18 Å². The number of halogens is 1. The van der Waals surface area contributed by atoms with Gasteiger partial charge >= 0.3 is 5.97 Å². The summed E-state index contributed by atoms with van der Waals surface area (Å²) in [4.78, 5) is 16.6. The topological polar surface area (TPSA) is 69.6 Å². The molecule has 6 heteroatoms. The van der Waals surface area contributed by atoms with Crippen molar-refractivity contribution in [2.45, 2.75) is 59.9 Å². The SMILES string of the molecule is CCCCC(CC)Cn1c2ccc(N)cc2c2cc(/C(=N\OC(C)=O)c3ccc(F)cc3C)ccc21. The first-order valence-electron chi connectivity index (χ1n) is 12.7. The molecule has 0 spiro atoms. The number of anilines is 1. The molecule has 0 saturated carbocycles. The van der Waals surface area contributed by atoms with Gasteiger partial charge in [0.15, 0.2) is 0 Å². The molecule has 0 aliphatic heterocycles. The highest BCUT2D eigenvalue weighted by Crippen LogP contribution is 2.33. The molecule has 0 radical (unpaired) electrons. The number of hydrogen-bond acceptors (Lipinski definition) is 4. The summed E-state index contributed by atoms with van der Waals surface area (Å²) in [5.41, 5.74) is 11.8. The van der Waals surface area contributed by atoms with Gasteiger partial charge in [0.2, 0.25) is 0 Å². The number of rotatable bonds is 9. The maximum absolute atomic E-state index is 13.8. The van der Waals surface area contributed by atoms with E-state index in [1.54, 1.807) is 6.07 Å². The molecule has 3 aromatic carbocycles. The first-order chi connectivity index (χ1) is 17.3. The fourth-order valence-corrected chi connectivity index (χ4v) is 4.90. The quantitative estimate of drug-likeness (QED) is 0.116. The first-order valence-corrected chi connectivity index (χ1v) is 12.7. The van der Waals surface area contributed by atoms with Gasteiger partial charge in [-0.2, -0.15) is 0 Å². The van der Waals surface area contributed by atoms with Gasteiger partial charge in [0, 0.05) is 52.1 Å². The summed E-state index contributed by atoms with van der Waals surface area (Å²) >= 11 is 0. The van der Waals surface area contributed by atoms with Crippen LogP contribution in [0.25, 0.3) is 21.8 Å². The standard InChI is InChI=1S/C30H34FN3O2/c1-5-7-8-21(6-2)18-34-28-13-9-22(16-26(28)27-17-24(32)11-14-29(27)34)30(33-36-20(4)35)25-12-10-23(31)15-19(25)3/h9-17,21H,5-8,18,32H2,1-4H3/b33-30+. The summed E-state index contributed by atoms with van der Waals surface area (Å²) in [6.07, 6.45) is 4.73. The number of nitrogens with zero attached hydrogens (tertiary/aromatic N) is 2. The van der Waals surface area contributed by atoms with Gasteiger partial charge in [0.05, 0.1) is 0 Å². The van der Waals surface area contributed by atoms with E-state index in [1.165, 1.54) is 38.3 Å². The third-order valence-corrected chi connectivity index (χ3v) is 6.86. The van der Waals surface area contributed by atoms with E-state index in [0.29, 0.717) is 28.4 Å². The van der Waals surface area contributed by atoms with Crippen LogP contribution < -0.4 is 5.73 Å². The van der Waals surface area contributed by atoms with Crippen LogP contribution >= 0.6 is 0 Å². The fourth-order valence-electron chi connectivity index (χ4n) is 4.90. The van der Waals surface area contributed by atoms with Crippen LogP contribution in [0.3, 0.4) is 0 Å². The average Bonchev–Trinajstić information content (AvgIpc) is 3.14. The molecule has 0 fully saturated rings. The lowest BCUT2D eigenvalue weighted by Gasteiger charge is -2.17. The molecule has 1 unspecified atom stereocenters. The summed E-state index contributed by atoms with van der Waals surface area (Å²) < 4.78 is 16.2. The molecule has 0 aliphatic carbocycles. The Bertz CT molecular complexity index is 1440. The van der Waals surface area contributed by atoms with E-state index in [1.807, 2.05) is 25.1 Å². The Morgan fingerprint density at radius 1 is 1.06 bits per heavy atom. The molecule has 4 aromatic rings. The minimum atomic E-state index is -0.518. The average molecular weight is 488 g/mol. The van der Waals surface area contributed by atoms with Crippen LogP contribution in [0.5, 0.6) is 0 Å². The monoisotopic (exact) mass is 487 g/mol. The Labute approximate surface area is 211 Å². The van der Waals surface area contributed by atoms with Crippen molar-refractivity contribution in [1.29, 1.82) is 0 Å². The van der Waals surface area contributed by atoms with Crippen LogP contribution in [0.2, 0.25) is 0 Å². The molecule has 0 bridgehead atoms. The minimum absolute atomic E-state index is 0.328. The van der Waals surface area contributed by atoms with E-state index < -0.39 is 5.97 Å². The van der Waals surface area contributed by atoms with Gasteiger partial charge in [-0.3, -0.25) is 0 Å². The summed E-state index contributed by atoms with van der Waals surface area (Å²) in [6, 6.07) is 16.7. The zero-order chi connectivity index (χ0) is 25.8. The third-order valence-electron chi connectivity index (χ3n) is 6.86. The summed E-state index contributed by atoms with van der Waals surface area (Å²) in [5, 5.41) is 6.29. The molecule has 1 aromatic heterocycles. The van der Waals surface area contributed by atoms with Crippen molar-refractivity contribution >= 4 is 39.2 Å². The highest BCUT2D eigenvalue weighted by Gasteiger charge is 2.18. The largest absolute Gasteiger partial charge is 0.399 e. The lowest BCUT2D eigenvalue weighted by molar-refractivity contribution is -0.140. The molecule has 36 heavy (non-hydrogen) atoms. The molecule has 1 atom stereocenters. The number of hydrogen-bond donors (Lipinski definition) is 1. The number of benzene rings is 3. The van der Waals surface area contributed by atoms with Gasteiger partial charge in [-0.15, -0.1) is 0 Å². The molecule has 1 heterocycles. The van der Waals surface area contributed by atoms with Crippen LogP contribution in [-0.4, -0.2) is 16.2 Å². The lowest BCUT2D eigenvalue weighted by Crippen LogP contribution is -2.10. The fraction of sp³-hybridized carbons (Fsp3) is 0.333. The van der Waals surface area contributed by atoms with Crippen LogP contribution in [0.4, 0.5) is 10.1 Å². The lowest BCUT2D eigenvalue weighted by atomic mass is 9.97. The molecule has 0 saturated heterocycles. The molecule has 5 nitrogen and oxygen atoms in total. The van der Waals surface area contributed by atoms with Crippen LogP contribution in [0.1, 0.15) is 63.1 Å². The number of carbonyl (C=O) groups is 1. The van der Waals surface area contributed by atoms with E-state index >= 15 is 0 Å². The second-order valence-electron chi connectivity index (χ2n) is 9.52. The Kier molecular flexibility index (Phi) is 7.73. The van der Waals surface area contributed by atoms with Gasteiger partial charge in [-0.1, -0.05) is 44.3 Å². The molecule has 188 valence electrons. The second kappa shape index (κ2) is 10.9. The second-order valence-corrected chi connectivity index (χ2v) is 9.52. The van der Waals surface area contributed by atoms with Crippen molar-refractivity contribution in [3.05, 3.63) is 77.1 Å². The third kappa shape index (κ3) is 5.27. The number of nitrogen functional groups attached to an aromatic ring is 1. The van der Waals surface area contributed by atoms with Crippen molar-refractivity contribution in [1.82, 2.24) is 4.57 Å². The molecule has 4 rings (SSSR count). The van der Waals surface area contributed by atoms with Crippen molar-refractivity contribution in [2.75, 3.05) is 5.73 Å². The number of nitrogens with two attached hydrogens (primary N) is 1. The van der Waals surface area contributed by atoms with Crippen LogP contribution in [0.15, 0.2) is 59.8 Å². The number of carbonyl (C=O) groups excluding carboxylic acids is 1. The zero-order valence-corrected chi connectivity index (χ0v) is 21.5. The van der Waals surface area contributed by atoms with Gasteiger partial charge in [-0.25, -0.2) is 9.18 Å². The summed E-state index contributed by atoms with van der Waals surface area (Å²) in [7, 11) is 0. The smallest absolute Gasteiger partial charge is 0.332 e. The van der Waals surface area contributed by atoms with E-state index in [-0.39, 0.29) is 5.82 Å². The van der Waals surface area contributed by atoms with E-state index in [4.69, 9.17) is 10.6 Å². The van der Waals surface area contributed by atoms with E-state index in [2.05, 4.69) is 41.8 Å². The van der Waals surface area contributed by atoms with E-state index in [0.717, 1.165) is 40.3 Å². The number of aromatic nitrogens is 1. The Morgan fingerprint density at radius 3 is 2.44 bits per heavy atom. The summed E-state index contributed by atoms with van der Waals surface area (Å²) in [6.45, 7) is 8.54. The molecule has 2 N–H and O–H groups in total. The minimum Gasteiger partial charge on any atom is -0.399 e. The molecule has 0 amide bonds. The normalized spacial score (nSPS) is 12.9. The van der Waals surface area contributed by atoms with Gasteiger partial charge in [-0.05, 0) is 73.4 Å². The summed E-state index contributed by atoms with van der Waals surface area (Å²) in [5.74, 6) is -0.259. The van der Waals surface area contributed by atoms with Crippen molar-refractivity contribution in [3.63, 3.8) is 0 Å². The Hall–Kier alpha value is -3.67. The number of unbranched alkanes of at least 4 members (excludes halogenated alkanes) is 1. The number of fused-ring (bicyclic) bond motifs is 3. The Balaban J connectivity index is 1.90. The number of aryl methyl sites for hydroxylation is 1. The van der Waals surface area contributed by atoms with Gasteiger partial charge < -0.3 is 15.1 Å². The van der Waals surface area contributed by atoms with Gasteiger partial charge in [0.1, 0.15) is 11.5 Å². The predicted molar refractivity (Wildman–Crippen MR) is 146 cm³/mol. The van der Waals surface area contributed by atoms with Crippen molar-refractivity contribution in [3.8, 4) is 0 Å². The highest BCUT2D eigenvalue weighted by molar-refractivity contribution is 6.17. The zero-order valence-electron chi connectivity index (χ0n) is 21.5. The first kappa shape index (κ1) is 25.4. The maximum Gasteiger partial charge on any atom is 0.332 e. The molecular weight excluding hydrogens is 453 g/mol. The van der Waals surface area contributed by atoms with Crippen molar-refractivity contribution in [2.24, 2.45) is 11.1 Å². The van der Waals surface area contributed by atoms with Crippen LogP contribution in [0, 0.1) is 18.7 Å². The molecular formula is C30H34FN3O2. The Morgan fingerprint density at radius 2 is 1.78 bits per heavy atom. The predicted octanol–water partition coefficient (Wildman–Crippen LogP) is 7.36. The highest BCUT2D eigenvalue weighted by atomic mass is 19.1. The maximum atomic E-state index is 13.8. The van der Waals surface area contributed by atoms with Crippen molar-refractivity contribution < 1.29 is 14.0 Å². The van der Waals surface area contributed by atoms with Gasteiger partial charge in [0.25, 0.3) is 0 Å². The molecule has 0 aliphatic rings. The van der Waals surface area contributed by atoms with Crippen LogP contribution in [-0.2, 0) is 16.2 Å². The number of oxime groups is 1.